The molecule has 3 heteroatoms. The van der Waals surface area contributed by atoms with Gasteiger partial charge in [-0.25, -0.2) is 9.97 Å². The van der Waals surface area contributed by atoms with Gasteiger partial charge >= 0.3 is 0 Å². The molecule has 0 spiro atoms. The molecule has 1 aliphatic rings. The highest BCUT2D eigenvalue weighted by molar-refractivity contribution is 5.53. The van der Waals surface area contributed by atoms with Gasteiger partial charge in [0.25, 0.3) is 0 Å². The topological polar surface area (TPSA) is 38.7 Å². The van der Waals surface area contributed by atoms with Crippen molar-refractivity contribution in [3.05, 3.63) is 42.0 Å². The Kier molecular flexibility index (Phi) is 9.11. The summed E-state index contributed by atoms with van der Waals surface area (Å²) in [6.45, 7) is 4.57. The number of pyridine rings is 1. The standard InChI is InChI=1S/C26H39N3/c1-3-5-6-7-8-9-11-22-18-28-26(29-19-22)24-16-17-25(27-20-24)23-14-12-21(10-4-2)13-15-23/h16-21,23H,3-15H2,1-2H3. The Morgan fingerprint density at radius 2 is 1.48 bits per heavy atom. The van der Waals surface area contributed by atoms with E-state index in [9.17, 15) is 0 Å². The minimum Gasteiger partial charge on any atom is -0.260 e. The molecule has 2 aromatic heterocycles. The summed E-state index contributed by atoms with van der Waals surface area (Å²) < 4.78 is 0. The van der Waals surface area contributed by atoms with Crippen LogP contribution in [0, 0.1) is 5.92 Å². The summed E-state index contributed by atoms with van der Waals surface area (Å²) in [6.07, 6.45) is 23.0. The van der Waals surface area contributed by atoms with Crippen molar-refractivity contribution < 1.29 is 0 Å². The second-order valence-corrected chi connectivity index (χ2v) is 8.91. The molecule has 0 amide bonds. The van der Waals surface area contributed by atoms with E-state index in [0.717, 1.165) is 23.7 Å². The third-order valence-electron chi connectivity index (χ3n) is 6.53. The van der Waals surface area contributed by atoms with E-state index in [1.807, 2.05) is 18.6 Å². The minimum atomic E-state index is 0.637. The van der Waals surface area contributed by atoms with Gasteiger partial charge in [0.15, 0.2) is 5.82 Å². The smallest absolute Gasteiger partial charge is 0.160 e. The molecule has 0 saturated heterocycles. The zero-order valence-electron chi connectivity index (χ0n) is 18.6. The normalized spacial score (nSPS) is 19.4. The molecule has 2 aromatic rings. The third kappa shape index (κ3) is 6.90. The summed E-state index contributed by atoms with van der Waals surface area (Å²) in [5.74, 6) is 2.37. The summed E-state index contributed by atoms with van der Waals surface area (Å²) in [4.78, 5) is 14.0. The molecule has 3 nitrogen and oxygen atoms in total. The zero-order valence-corrected chi connectivity index (χ0v) is 18.6. The van der Waals surface area contributed by atoms with Crippen molar-refractivity contribution in [1.82, 2.24) is 15.0 Å². The molecular weight excluding hydrogens is 354 g/mol. The van der Waals surface area contributed by atoms with Crippen LogP contribution in [0.1, 0.15) is 108 Å². The molecule has 1 aliphatic carbocycles. The molecule has 0 aromatic carbocycles. The molecule has 1 saturated carbocycles. The van der Waals surface area contributed by atoms with E-state index >= 15 is 0 Å². The predicted molar refractivity (Wildman–Crippen MR) is 122 cm³/mol. The van der Waals surface area contributed by atoms with Crippen molar-refractivity contribution in [2.75, 3.05) is 0 Å². The summed E-state index contributed by atoms with van der Waals surface area (Å²) in [7, 11) is 0. The largest absolute Gasteiger partial charge is 0.260 e. The van der Waals surface area contributed by atoms with Gasteiger partial charge in [-0.15, -0.1) is 0 Å². The van der Waals surface area contributed by atoms with E-state index < -0.39 is 0 Å². The third-order valence-corrected chi connectivity index (χ3v) is 6.53. The van der Waals surface area contributed by atoms with Gasteiger partial charge in [-0.2, -0.15) is 0 Å². The van der Waals surface area contributed by atoms with Gasteiger partial charge < -0.3 is 0 Å². The Balaban J connectivity index is 1.47. The Morgan fingerprint density at radius 1 is 0.759 bits per heavy atom. The van der Waals surface area contributed by atoms with Crippen molar-refractivity contribution in [3.63, 3.8) is 0 Å². The van der Waals surface area contributed by atoms with Crippen LogP contribution in [-0.2, 0) is 6.42 Å². The maximum atomic E-state index is 4.78. The van der Waals surface area contributed by atoms with Crippen LogP contribution in [0.25, 0.3) is 11.4 Å². The van der Waals surface area contributed by atoms with Crippen LogP contribution in [0.15, 0.2) is 30.7 Å². The SMILES string of the molecule is CCCCCCCCc1cnc(-c2ccc(C3CCC(CCC)CC3)nc2)nc1. The molecule has 29 heavy (non-hydrogen) atoms. The average Bonchev–Trinajstić information content (AvgIpc) is 2.78. The molecule has 158 valence electrons. The lowest BCUT2D eigenvalue weighted by Crippen LogP contribution is -2.14. The molecule has 3 rings (SSSR count). The first-order valence-corrected chi connectivity index (χ1v) is 12.1. The van der Waals surface area contributed by atoms with Gasteiger partial charge in [0.1, 0.15) is 0 Å². The first-order valence-electron chi connectivity index (χ1n) is 12.1. The van der Waals surface area contributed by atoms with Crippen molar-refractivity contribution in [2.24, 2.45) is 5.92 Å². The van der Waals surface area contributed by atoms with E-state index in [4.69, 9.17) is 4.98 Å². The fourth-order valence-electron chi connectivity index (χ4n) is 4.68. The maximum absolute atomic E-state index is 4.78. The van der Waals surface area contributed by atoms with Gasteiger partial charge in [-0.3, -0.25) is 4.98 Å². The van der Waals surface area contributed by atoms with Gasteiger partial charge in [0.2, 0.25) is 0 Å². The lowest BCUT2D eigenvalue weighted by Gasteiger charge is -2.28. The number of aromatic nitrogens is 3. The molecule has 0 N–H and O–H groups in total. The molecule has 0 radical (unpaired) electrons. The van der Waals surface area contributed by atoms with E-state index in [1.165, 1.54) is 88.3 Å². The summed E-state index contributed by atoms with van der Waals surface area (Å²) in [6, 6.07) is 4.36. The first-order chi connectivity index (χ1) is 14.3. The molecule has 2 heterocycles. The van der Waals surface area contributed by atoms with Crippen LogP contribution < -0.4 is 0 Å². The second-order valence-electron chi connectivity index (χ2n) is 8.91. The first kappa shape index (κ1) is 21.9. The highest BCUT2D eigenvalue weighted by Crippen LogP contribution is 2.36. The van der Waals surface area contributed by atoms with Crippen LogP contribution in [0.3, 0.4) is 0 Å². The van der Waals surface area contributed by atoms with Gasteiger partial charge in [0, 0.05) is 35.8 Å². The molecule has 0 bridgehead atoms. The van der Waals surface area contributed by atoms with Crippen LogP contribution in [0.4, 0.5) is 0 Å². The lowest BCUT2D eigenvalue weighted by atomic mass is 9.78. The Hall–Kier alpha value is -1.77. The maximum Gasteiger partial charge on any atom is 0.160 e. The lowest BCUT2D eigenvalue weighted by molar-refractivity contribution is 0.305. The molecular formula is C26H39N3. The fourth-order valence-corrected chi connectivity index (χ4v) is 4.68. The van der Waals surface area contributed by atoms with E-state index in [2.05, 4.69) is 35.9 Å². The quantitative estimate of drug-likeness (QED) is 0.371. The van der Waals surface area contributed by atoms with Crippen LogP contribution in [0.2, 0.25) is 0 Å². The number of rotatable bonds is 11. The van der Waals surface area contributed by atoms with Crippen LogP contribution in [0.5, 0.6) is 0 Å². The Labute approximate surface area is 177 Å². The summed E-state index contributed by atoms with van der Waals surface area (Å²) in [5, 5.41) is 0. The molecule has 0 aliphatic heterocycles. The van der Waals surface area contributed by atoms with E-state index in [-0.39, 0.29) is 0 Å². The summed E-state index contributed by atoms with van der Waals surface area (Å²) >= 11 is 0. The predicted octanol–water partition coefficient (Wildman–Crippen LogP) is 7.52. The van der Waals surface area contributed by atoms with Gasteiger partial charge in [-0.05, 0) is 62.1 Å². The second kappa shape index (κ2) is 12.0. The number of unbranched alkanes of at least 4 members (excludes halogenated alkanes) is 5. The number of nitrogens with zero attached hydrogens (tertiary/aromatic N) is 3. The Bertz CT molecular complexity index is 685. The van der Waals surface area contributed by atoms with Crippen molar-refractivity contribution >= 4 is 0 Å². The highest BCUT2D eigenvalue weighted by Gasteiger charge is 2.22. The minimum absolute atomic E-state index is 0.637. The monoisotopic (exact) mass is 393 g/mol. The average molecular weight is 394 g/mol. The van der Waals surface area contributed by atoms with E-state index in [0.29, 0.717) is 5.92 Å². The van der Waals surface area contributed by atoms with Crippen LogP contribution >= 0.6 is 0 Å². The van der Waals surface area contributed by atoms with Crippen molar-refractivity contribution in [1.29, 1.82) is 0 Å². The highest BCUT2D eigenvalue weighted by atomic mass is 14.9. The van der Waals surface area contributed by atoms with Gasteiger partial charge in [-0.1, -0.05) is 58.8 Å². The molecule has 0 unspecified atom stereocenters. The van der Waals surface area contributed by atoms with Crippen LogP contribution in [-0.4, -0.2) is 15.0 Å². The molecule has 1 fully saturated rings. The van der Waals surface area contributed by atoms with E-state index in [1.54, 1.807) is 0 Å². The fraction of sp³-hybridized carbons (Fsp3) is 0.654. The number of hydrogen-bond acceptors (Lipinski definition) is 3. The summed E-state index contributed by atoms with van der Waals surface area (Å²) in [5.41, 5.74) is 3.53. The zero-order chi connectivity index (χ0) is 20.3. The van der Waals surface area contributed by atoms with Crippen molar-refractivity contribution in [2.45, 2.75) is 103 Å². The van der Waals surface area contributed by atoms with Gasteiger partial charge in [0.05, 0.1) is 0 Å². The van der Waals surface area contributed by atoms with Crippen molar-refractivity contribution in [3.8, 4) is 11.4 Å². The molecule has 0 atom stereocenters. The number of hydrogen-bond donors (Lipinski definition) is 0. The number of aryl methyl sites for hydroxylation is 1. The Morgan fingerprint density at radius 3 is 2.14 bits per heavy atom.